The molecule has 0 saturated carbocycles. The summed E-state index contributed by atoms with van der Waals surface area (Å²) in [4.78, 5) is 23.2. The first-order valence-electron chi connectivity index (χ1n) is 5.09. The normalized spacial score (nSPS) is 27.5. The van der Waals surface area contributed by atoms with Gasteiger partial charge in [-0.2, -0.15) is 0 Å². The van der Waals surface area contributed by atoms with Gasteiger partial charge < -0.3 is 19.7 Å². The zero-order valence-corrected chi connectivity index (χ0v) is 10.3. The maximum atomic E-state index is 11.6. The summed E-state index contributed by atoms with van der Waals surface area (Å²) in [6, 6.07) is 0. The van der Waals surface area contributed by atoms with Crippen LogP contribution in [-0.2, 0) is 19.1 Å². The summed E-state index contributed by atoms with van der Waals surface area (Å²) in [5, 5.41) is 19.5. The molecule has 17 heavy (non-hydrogen) atoms. The molecule has 1 aliphatic heterocycles. The SMILES string of the molecule is CCOC(=O)C1SC=C(O)C1(O)C(=O)OCC. The van der Waals surface area contributed by atoms with E-state index in [1.807, 2.05) is 0 Å². The van der Waals surface area contributed by atoms with Crippen molar-refractivity contribution in [2.45, 2.75) is 24.7 Å². The quantitative estimate of drug-likeness (QED) is 0.706. The lowest BCUT2D eigenvalue weighted by Crippen LogP contribution is -2.52. The standard InChI is InChI=1S/C10H14O6S/c1-3-15-8(12)7-10(14,6(11)5-17-7)9(13)16-4-2/h5,7,11,14H,3-4H2,1-2H3. The maximum Gasteiger partial charge on any atom is 0.348 e. The van der Waals surface area contributed by atoms with Crippen LogP contribution in [0.4, 0.5) is 0 Å². The van der Waals surface area contributed by atoms with Crippen molar-refractivity contribution < 1.29 is 29.3 Å². The highest BCUT2D eigenvalue weighted by Crippen LogP contribution is 2.39. The van der Waals surface area contributed by atoms with Crippen molar-refractivity contribution >= 4 is 23.7 Å². The van der Waals surface area contributed by atoms with Crippen LogP contribution in [0.3, 0.4) is 0 Å². The number of hydrogen-bond donors (Lipinski definition) is 2. The molecular formula is C10H14O6S. The van der Waals surface area contributed by atoms with Crippen LogP contribution in [0, 0.1) is 0 Å². The van der Waals surface area contributed by atoms with E-state index in [0.29, 0.717) is 0 Å². The van der Waals surface area contributed by atoms with Gasteiger partial charge in [0, 0.05) is 5.41 Å². The smallest absolute Gasteiger partial charge is 0.348 e. The first-order valence-corrected chi connectivity index (χ1v) is 6.04. The molecule has 0 saturated heterocycles. The van der Waals surface area contributed by atoms with Gasteiger partial charge in [0.2, 0.25) is 5.60 Å². The minimum atomic E-state index is -2.35. The zero-order valence-electron chi connectivity index (χ0n) is 9.50. The number of aliphatic hydroxyl groups is 2. The Labute approximate surface area is 103 Å². The van der Waals surface area contributed by atoms with Crippen LogP contribution < -0.4 is 0 Å². The van der Waals surface area contributed by atoms with Crippen molar-refractivity contribution in [2.75, 3.05) is 13.2 Å². The van der Waals surface area contributed by atoms with Crippen molar-refractivity contribution in [1.29, 1.82) is 0 Å². The summed E-state index contributed by atoms with van der Waals surface area (Å²) < 4.78 is 9.37. The summed E-state index contributed by atoms with van der Waals surface area (Å²) in [6.07, 6.45) is 0. The van der Waals surface area contributed by atoms with Crippen molar-refractivity contribution in [3.8, 4) is 0 Å². The summed E-state index contributed by atoms with van der Waals surface area (Å²) in [5.74, 6) is -2.43. The second kappa shape index (κ2) is 5.42. The molecule has 1 heterocycles. The molecule has 0 spiro atoms. The fourth-order valence-corrected chi connectivity index (χ4v) is 2.39. The monoisotopic (exact) mass is 262 g/mol. The Kier molecular flexibility index (Phi) is 4.41. The van der Waals surface area contributed by atoms with E-state index >= 15 is 0 Å². The highest BCUT2D eigenvalue weighted by atomic mass is 32.2. The Balaban J connectivity index is 2.94. The van der Waals surface area contributed by atoms with Gasteiger partial charge in [0.1, 0.15) is 5.76 Å². The van der Waals surface area contributed by atoms with E-state index in [-0.39, 0.29) is 13.2 Å². The van der Waals surface area contributed by atoms with Crippen LogP contribution in [0.25, 0.3) is 0 Å². The molecular weight excluding hydrogens is 248 g/mol. The summed E-state index contributed by atoms with van der Waals surface area (Å²) >= 11 is 0.822. The number of rotatable bonds is 4. The van der Waals surface area contributed by atoms with Gasteiger partial charge in [0.05, 0.1) is 13.2 Å². The van der Waals surface area contributed by atoms with Crippen molar-refractivity contribution in [3.63, 3.8) is 0 Å². The molecule has 0 amide bonds. The minimum Gasteiger partial charge on any atom is -0.508 e. The molecule has 0 fully saturated rings. The van der Waals surface area contributed by atoms with Gasteiger partial charge in [0.25, 0.3) is 0 Å². The lowest BCUT2D eigenvalue weighted by atomic mass is 9.98. The average Bonchev–Trinajstić information content (AvgIpc) is 2.58. The van der Waals surface area contributed by atoms with Crippen LogP contribution >= 0.6 is 11.8 Å². The van der Waals surface area contributed by atoms with Crippen LogP contribution in [0.2, 0.25) is 0 Å². The highest BCUT2D eigenvalue weighted by molar-refractivity contribution is 8.03. The van der Waals surface area contributed by atoms with Gasteiger partial charge in [-0.1, -0.05) is 0 Å². The third-order valence-corrected chi connectivity index (χ3v) is 3.34. The zero-order chi connectivity index (χ0) is 13.1. The van der Waals surface area contributed by atoms with Gasteiger partial charge in [-0.05, 0) is 13.8 Å². The van der Waals surface area contributed by atoms with E-state index in [1.165, 1.54) is 0 Å². The summed E-state index contributed by atoms with van der Waals surface area (Å²) in [7, 11) is 0. The molecule has 0 aromatic heterocycles. The van der Waals surface area contributed by atoms with Crippen molar-refractivity contribution in [2.24, 2.45) is 0 Å². The molecule has 96 valence electrons. The van der Waals surface area contributed by atoms with E-state index in [4.69, 9.17) is 4.74 Å². The molecule has 1 rings (SSSR count). The number of ether oxygens (including phenoxy) is 2. The molecule has 0 radical (unpaired) electrons. The fourth-order valence-electron chi connectivity index (χ4n) is 1.35. The van der Waals surface area contributed by atoms with E-state index in [9.17, 15) is 19.8 Å². The molecule has 2 atom stereocenters. The highest BCUT2D eigenvalue weighted by Gasteiger charge is 2.57. The number of aliphatic hydroxyl groups excluding tert-OH is 1. The van der Waals surface area contributed by atoms with Gasteiger partial charge >= 0.3 is 11.9 Å². The second-order valence-electron chi connectivity index (χ2n) is 3.26. The molecule has 0 aromatic carbocycles. The van der Waals surface area contributed by atoms with Gasteiger partial charge in [-0.15, -0.1) is 11.8 Å². The number of carbonyl (C=O) groups is 2. The molecule has 6 nitrogen and oxygen atoms in total. The van der Waals surface area contributed by atoms with Crippen LogP contribution in [0.15, 0.2) is 11.2 Å². The second-order valence-corrected chi connectivity index (χ2v) is 4.24. The first-order chi connectivity index (χ1) is 7.98. The molecule has 0 aromatic rings. The van der Waals surface area contributed by atoms with E-state index in [1.54, 1.807) is 13.8 Å². The number of hydrogen-bond acceptors (Lipinski definition) is 7. The van der Waals surface area contributed by atoms with E-state index in [0.717, 1.165) is 17.2 Å². The number of esters is 2. The molecule has 0 aliphatic carbocycles. The summed E-state index contributed by atoms with van der Waals surface area (Å²) in [5.41, 5.74) is -2.35. The average molecular weight is 262 g/mol. The fraction of sp³-hybridized carbons (Fsp3) is 0.600. The molecule has 0 bridgehead atoms. The molecule has 7 heteroatoms. The lowest BCUT2D eigenvalue weighted by molar-refractivity contribution is -0.169. The Morgan fingerprint density at radius 3 is 2.53 bits per heavy atom. The summed E-state index contributed by atoms with van der Waals surface area (Å²) in [6.45, 7) is 3.32. The number of carbonyl (C=O) groups excluding carboxylic acids is 2. The predicted octanol–water partition coefficient (Wildman–Crippen LogP) is 0.358. The van der Waals surface area contributed by atoms with Gasteiger partial charge in [-0.25, -0.2) is 4.79 Å². The lowest BCUT2D eigenvalue weighted by Gasteiger charge is -2.25. The molecule has 2 unspecified atom stereocenters. The van der Waals surface area contributed by atoms with E-state index in [2.05, 4.69) is 4.74 Å². The van der Waals surface area contributed by atoms with E-state index < -0.39 is 28.5 Å². The van der Waals surface area contributed by atoms with Crippen LogP contribution in [0.1, 0.15) is 13.8 Å². The Hall–Kier alpha value is -1.21. The van der Waals surface area contributed by atoms with Crippen LogP contribution in [-0.4, -0.2) is 46.2 Å². The number of thioether (sulfide) groups is 1. The van der Waals surface area contributed by atoms with Crippen LogP contribution in [0.5, 0.6) is 0 Å². The largest absolute Gasteiger partial charge is 0.508 e. The Morgan fingerprint density at radius 2 is 2.00 bits per heavy atom. The third kappa shape index (κ3) is 2.39. The minimum absolute atomic E-state index is 0.0363. The Morgan fingerprint density at radius 1 is 1.41 bits per heavy atom. The Bertz CT molecular complexity index is 353. The van der Waals surface area contributed by atoms with Crippen molar-refractivity contribution in [1.82, 2.24) is 0 Å². The van der Waals surface area contributed by atoms with Crippen molar-refractivity contribution in [3.05, 3.63) is 11.2 Å². The van der Waals surface area contributed by atoms with Gasteiger partial charge in [0.15, 0.2) is 5.25 Å². The molecule has 1 aliphatic rings. The first kappa shape index (κ1) is 13.9. The topological polar surface area (TPSA) is 93.1 Å². The molecule has 2 N–H and O–H groups in total. The maximum absolute atomic E-state index is 11.6. The third-order valence-electron chi connectivity index (χ3n) is 2.17. The predicted molar refractivity (Wildman–Crippen MR) is 60.3 cm³/mol. The van der Waals surface area contributed by atoms with Gasteiger partial charge in [-0.3, -0.25) is 4.79 Å².